The van der Waals surface area contributed by atoms with Gasteiger partial charge >= 0.3 is 5.69 Å². The molecule has 0 fully saturated rings. The van der Waals surface area contributed by atoms with Gasteiger partial charge in [-0.2, -0.15) is 5.10 Å². The van der Waals surface area contributed by atoms with Crippen molar-refractivity contribution >= 4 is 11.8 Å². The second-order valence-electron chi connectivity index (χ2n) is 4.82. The van der Waals surface area contributed by atoms with Crippen molar-refractivity contribution in [2.75, 3.05) is 5.75 Å². The van der Waals surface area contributed by atoms with E-state index in [-0.39, 0.29) is 5.69 Å². The number of benzene rings is 1. The SMILES string of the molecule is O=c1[nH]nc(SCCn2cccn2)n1CCc1ccccc1. The Morgan fingerprint density at radius 3 is 2.77 bits per heavy atom. The van der Waals surface area contributed by atoms with E-state index in [0.717, 1.165) is 23.9 Å². The summed E-state index contributed by atoms with van der Waals surface area (Å²) in [7, 11) is 0. The molecule has 22 heavy (non-hydrogen) atoms. The zero-order chi connectivity index (χ0) is 15.2. The van der Waals surface area contributed by atoms with Gasteiger partial charge in [0.2, 0.25) is 0 Å². The third kappa shape index (κ3) is 3.67. The first-order chi connectivity index (χ1) is 10.8. The van der Waals surface area contributed by atoms with E-state index in [1.807, 2.05) is 35.1 Å². The number of aryl methyl sites for hydroxylation is 2. The summed E-state index contributed by atoms with van der Waals surface area (Å²) < 4.78 is 3.56. The summed E-state index contributed by atoms with van der Waals surface area (Å²) in [4.78, 5) is 11.9. The van der Waals surface area contributed by atoms with Gasteiger partial charge in [-0.05, 0) is 18.1 Å². The summed E-state index contributed by atoms with van der Waals surface area (Å²) >= 11 is 1.56. The van der Waals surface area contributed by atoms with E-state index >= 15 is 0 Å². The first-order valence-corrected chi connectivity index (χ1v) is 8.11. The number of rotatable bonds is 7. The molecule has 0 saturated heterocycles. The van der Waals surface area contributed by atoms with Crippen LogP contribution >= 0.6 is 11.8 Å². The second-order valence-corrected chi connectivity index (χ2v) is 5.88. The molecule has 3 aromatic rings. The molecular formula is C15H17N5OS. The van der Waals surface area contributed by atoms with Gasteiger partial charge in [0, 0.05) is 24.7 Å². The van der Waals surface area contributed by atoms with Gasteiger partial charge in [0.15, 0.2) is 5.16 Å². The molecule has 0 aliphatic heterocycles. The standard InChI is InChI=1S/C15H17N5OS/c21-14-17-18-15(22-12-11-19-9-4-8-16-19)20(14)10-7-13-5-2-1-3-6-13/h1-6,8-9H,7,10-12H2,(H,17,21). The lowest BCUT2D eigenvalue weighted by Gasteiger charge is -2.06. The average Bonchev–Trinajstić information content (AvgIpc) is 3.17. The Morgan fingerprint density at radius 2 is 2.00 bits per heavy atom. The molecule has 1 N–H and O–H groups in total. The van der Waals surface area contributed by atoms with Crippen molar-refractivity contribution in [1.82, 2.24) is 24.5 Å². The Morgan fingerprint density at radius 1 is 1.14 bits per heavy atom. The highest BCUT2D eigenvalue weighted by atomic mass is 32.2. The van der Waals surface area contributed by atoms with Crippen molar-refractivity contribution in [2.24, 2.45) is 0 Å². The largest absolute Gasteiger partial charge is 0.343 e. The molecule has 3 rings (SSSR count). The highest BCUT2D eigenvalue weighted by Crippen LogP contribution is 2.14. The number of thioether (sulfide) groups is 1. The van der Waals surface area contributed by atoms with Crippen LogP contribution in [0.4, 0.5) is 0 Å². The Balaban J connectivity index is 1.59. The molecule has 0 atom stereocenters. The van der Waals surface area contributed by atoms with Crippen molar-refractivity contribution in [2.45, 2.75) is 24.7 Å². The highest BCUT2D eigenvalue weighted by molar-refractivity contribution is 7.99. The molecule has 2 aromatic heterocycles. The number of hydrogen-bond donors (Lipinski definition) is 1. The summed E-state index contributed by atoms with van der Waals surface area (Å²) in [6.07, 6.45) is 4.50. The topological polar surface area (TPSA) is 68.5 Å². The van der Waals surface area contributed by atoms with Gasteiger partial charge < -0.3 is 0 Å². The Labute approximate surface area is 132 Å². The third-order valence-electron chi connectivity index (χ3n) is 3.30. The molecule has 7 heteroatoms. The number of aromatic nitrogens is 5. The van der Waals surface area contributed by atoms with Crippen molar-refractivity contribution in [3.63, 3.8) is 0 Å². The maximum absolute atomic E-state index is 11.9. The quantitative estimate of drug-likeness (QED) is 0.675. The molecule has 6 nitrogen and oxygen atoms in total. The minimum absolute atomic E-state index is 0.155. The summed E-state index contributed by atoms with van der Waals surface area (Å²) in [5.41, 5.74) is 1.06. The van der Waals surface area contributed by atoms with Crippen LogP contribution in [-0.2, 0) is 19.5 Å². The van der Waals surface area contributed by atoms with E-state index in [2.05, 4.69) is 27.4 Å². The van der Waals surface area contributed by atoms with E-state index in [1.54, 1.807) is 22.5 Å². The predicted molar refractivity (Wildman–Crippen MR) is 85.9 cm³/mol. The lowest BCUT2D eigenvalue weighted by molar-refractivity contribution is 0.613. The normalized spacial score (nSPS) is 10.9. The van der Waals surface area contributed by atoms with E-state index in [4.69, 9.17) is 0 Å². The molecular weight excluding hydrogens is 298 g/mol. The van der Waals surface area contributed by atoms with Crippen LogP contribution in [0.15, 0.2) is 58.7 Å². The summed E-state index contributed by atoms with van der Waals surface area (Å²) in [5, 5.41) is 11.5. The van der Waals surface area contributed by atoms with Gasteiger partial charge in [0.1, 0.15) is 0 Å². The van der Waals surface area contributed by atoms with Crippen LogP contribution in [-0.4, -0.2) is 30.3 Å². The number of H-pyrrole nitrogens is 1. The first kappa shape index (κ1) is 14.6. The molecule has 0 amide bonds. The van der Waals surface area contributed by atoms with Gasteiger partial charge in [-0.3, -0.25) is 9.25 Å². The van der Waals surface area contributed by atoms with E-state index < -0.39 is 0 Å². The average molecular weight is 315 g/mol. The maximum atomic E-state index is 11.9. The molecule has 0 radical (unpaired) electrons. The van der Waals surface area contributed by atoms with E-state index in [1.165, 1.54) is 5.56 Å². The summed E-state index contributed by atoms with van der Waals surface area (Å²) in [6.45, 7) is 1.42. The van der Waals surface area contributed by atoms with Gasteiger partial charge in [0.05, 0.1) is 6.54 Å². The number of hydrogen-bond acceptors (Lipinski definition) is 4. The zero-order valence-corrected chi connectivity index (χ0v) is 12.9. The van der Waals surface area contributed by atoms with E-state index in [9.17, 15) is 4.79 Å². The van der Waals surface area contributed by atoms with Crippen molar-refractivity contribution in [3.8, 4) is 0 Å². The Bertz CT molecular complexity index is 748. The summed E-state index contributed by atoms with van der Waals surface area (Å²) in [5.74, 6) is 0.817. The fourth-order valence-electron chi connectivity index (χ4n) is 2.16. The highest BCUT2D eigenvalue weighted by Gasteiger charge is 2.08. The lowest BCUT2D eigenvalue weighted by atomic mass is 10.1. The lowest BCUT2D eigenvalue weighted by Crippen LogP contribution is -2.19. The van der Waals surface area contributed by atoms with Crippen LogP contribution in [0.2, 0.25) is 0 Å². The Kier molecular flexibility index (Phi) is 4.75. The number of nitrogens with one attached hydrogen (secondary N) is 1. The van der Waals surface area contributed by atoms with Crippen LogP contribution in [0.25, 0.3) is 0 Å². The molecule has 0 aliphatic rings. The minimum atomic E-state index is -0.155. The van der Waals surface area contributed by atoms with Crippen molar-refractivity contribution in [1.29, 1.82) is 0 Å². The maximum Gasteiger partial charge on any atom is 0.343 e. The molecule has 1 aromatic carbocycles. The third-order valence-corrected chi connectivity index (χ3v) is 4.26. The van der Waals surface area contributed by atoms with Crippen LogP contribution in [0, 0.1) is 0 Å². The Hall–Kier alpha value is -2.28. The molecule has 0 saturated carbocycles. The van der Waals surface area contributed by atoms with Gasteiger partial charge in [-0.25, -0.2) is 9.89 Å². The van der Waals surface area contributed by atoms with Crippen LogP contribution in [0.3, 0.4) is 0 Å². The zero-order valence-electron chi connectivity index (χ0n) is 12.1. The fraction of sp³-hybridized carbons (Fsp3) is 0.267. The molecule has 0 spiro atoms. The van der Waals surface area contributed by atoms with Crippen LogP contribution in [0.1, 0.15) is 5.56 Å². The minimum Gasteiger partial charge on any atom is -0.272 e. The molecule has 0 unspecified atom stereocenters. The van der Waals surface area contributed by atoms with Gasteiger partial charge in [0.25, 0.3) is 0 Å². The van der Waals surface area contributed by atoms with Crippen molar-refractivity contribution < 1.29 is 0 Å². The predicted octanol–water partition coefficient (Wildman–Crippen LogP) is 1.80. The van der Waals surface area contributed by atoms with Gasteiger partial charge in [-0.1, -0.05) is 42.1 Å². The molecule has 0 bridgehead atoms. The molecule has 0 aliphatic carbocycles. The monoisotopic (exact) mass is 315 g/mol. The number of nitrogens with zero attached hydrogens (tertiary/aromatic N) is 4. The van der Waals surface area contributed by atoms with Crippen LogP contribution < -0.4 is 5.69 Å². The first-order valence-electron chi connectivity index (χ1n) is 7.12. The second kappa shape index (κ2) is 7.13. The fourth-order valence-corrected chi connectivity index (χ4v) is 3.06. The summed E-state index contributed by atoms with van der Waals surface area (Å²) in [6, 6.07) is 12.0. The molecule has 114 valence electrons. The van der Waals surface area contributed by atoms with Crippen molar-refractivity contribution in [3.05, 3.63) is 64.8 Å². The van der Waals surface area contributed by atoms with E-state index in [0.29, 0.717) is 6.54 Å². The molecule has 2 heterocycles. The van der Waals surface area contributed by atoms with Crippen LogP contribution in [0.5, 0.6) is 0 Å². The smallest absolute Gasteiger partial charge is 0.272 e. The van der Waals surface area contributed by atoms with Gasteiger partial charge in [-0.15, -0.1) is 5.10 Å². The number of aromatic amines is 1.